The molecule has 0 unspecified atom stereocenters. The lowest BCUT2D eigenvalue weighted by Crippen LogP contribution is -2.31. The summed E-state index contributed by atoms with van der Waals surface area (Å²) in [6.07, 6.45) is 0. The molecule has 1 N–H and O–H groups in total. The number of carbonyl (C=O) groups excluding carboxylic acids is 1. The van der Waals surface area contributed by atoms with Crippen LogP contribution in [0.5, 0.6) is 5.75 Å². The predicted octanol–water partition coefficient (Wildman–Crippen LogP) is 4.23. The van der Waals surface area contributed by atoms with E-state index in [2.05, 4.69) is 21.2 Å². The first kappa shape index (κ1) is 17.3. The van der Waals surface area contributed by atoms with Gasteiger partial charge in [-0.25, -0.2) is 0 Å². The van der Waals surface area contributed by atoms with Crippen molar-refractivity contribution in [2.24, 2.45) is 0 Å². The van der Waals surface area contributed by atoms with Gasteiger partial charge in [0.25, 0.3) is 5.91 Å². The Kier molecular flexibility index (Phi) is 6.03. The molecule has 0 saturated heterocycles. The molecule has 0 aliphatic heterocycles. The number of hydrogen-bond donors (Lipinski definition) is 1. The fourth-order valence-electron chi connectivity index (χ4n) is 1.95. The molecule has 0 radical (unpaired) electrons. The van der Waals surface area contributed by atoms with Crippen LogP contribution in [-0.4, -0.2) is 12.5 Å². The highest BCUT2D eigenvalue weighted by molar-refractivity contribution is 9.10. The number of nitrogens with one attached hydrogen (secondary N) is 1. The lowest BCUT2D eigenvalue weighted by Gasteiger charge is -2.15. The maximum atomic E-state index is 12.0. The van der Waals surface area contributed by atoms with E-state index in [4.69, 9.17) is 21.6 Å². The molecule has 1 atom stereocenters. The van der Waals surface area contributed by atoms with Crippen LogP contribution in [0.4, 0.5) is 0 Å². The molecule has 0 aromatic heterocycles. The molecule has 0 saturated carbocycles. The van der Waals surface area contributed by atoms with Gasteiger partial charge in [0.2, 0.25) is 0 Å². The predicted molar refractivity (Wildman–Crippen MR) is 92.4 cm³/mol. The van der Waals surface area contributed by atoms with Gasteiger partial charge < -0.3 is 10.1 Å². The quantitative estimate of drug-likeness (QED) is 0.827. The molecule has 0 spiro atoms. The lowest BCUT2D eigenvalue weighted by molar-refractivity contribution is -0.123. The van der Waals surface area contributed by atoms with Crippen molar-refractivity contribution in [2.45, 2.75) is 13.0 Å². The normalized spacial score (nSPS) is 11.4. The van der Waals surface area contributed by atoms with Crippen LogP contribution in [0.2, 0.25) is 5.02 Å². The van der Waals surface area contributed by atoms with E-state index in [0.29, 0.717) is 16.3 Å². The molecule has 1 amide bonds. The Morgan fingerprint density at radius 3 is 2.65 bits per heavy atom. The minimum atomic E-state index is -0.249. The summed E-state index contributed by atoms with van der Waals surface area (Å²) in [6, 6.07) is 14.2. The number of benzene rings is 2. The second-order valence-electron chi connectivity index (χ2n) is 4.89. The second-order valence-corrected chi connectivity index (χ2v) is 6.21. The third-order valence-corrected chi connectivity index (χ3v) is 3.99. The number of halogens is 2. The first-order valence-electron chi connectivity index (χ1n) is 6.87. The van der Waals surface area contributed by atoms with Gasteiger partial charge in [-0.15, -0.1) is 0 Å². The molecule has 0 bridgehead atoms. The van der Waals surface area contributed by atoms with Crippen molar-refractivity contribution in [1.29, 1.82) is 5.26 Å². The van der Waals surface area contributed by atoms with Crippen molar-refractivity contribution in [3.63, 3.8) is 0 Å². The van der Waals surface area contributed by atoms with Crippen LogP contribution in [0.3, 0.4) is 0 Å². The molecule has 0 heterocycles. The topological polar surface area (TPSA) is 62.1 Å². The van der Waals surface area contributed by atoms with E-state index in [0.717, 1.165) is 10.0 Å². The fraction of sp³-hybridized carbons (Fsp3) is 0.176. The molecule has 2 aromatic rings. The summed E-state index contributed by atoms with van der Waals surface area (Å²) in [4.78, 5) is 12.0. The summed E-state index contributed by atoms with van der Waals surface area (Å²) in [5, 5.41) is 11.9. The van der Waals surface area contributed by atoms with Crippen molar-refractivity contribution >= 4 is 33.4 Å². The van der Waals surface area contributed by atoms with Crippen molar-refractivity contribution in [3.05, 3.63) is 63.1 Å². The van der Waals surface area contributed by atoms with E-state index in [1.54, 1.807) is 12.1 Å². The van der Waals surface area contributed by atoms with Gasteiger partial charge in [0.05, 0.1) is 22.7 Å². The third-order valence-electron chi connectivity index (χ3n) is 3.17. The van der Waals surface area contributed by atoms with Crippen LogP contribution in [0.1, 0.15) is 24.1 Å². The van der Waals surface area contributed by atoms with Gasteiger partial charge in [-0.1, -0.05) is 39.7 Å². The highest BCUT2D eigenvalue weighted by atomic mass is 79.9. The average molecular weight is 394 g/mol. The van der Waals surface area contributed by atoms with E-state index < -0.39 is 0 Å². The molecule has 0 fully saturated rings. The summed E-state index contributed by atoms with van der Waals surface area (Å²) in [6.45, 7) is 1.75. The second kappa shape index (κ2) is 8.00. The van der Waals surface area contributed by atoms with E-state index >= 15 is 0 Å². The zero-order valence-corrected chi connectivity index (χ0v) is 14.7. The lowest BCUT2D eigenvalue weighted by atomic mass is 10.1. The number of ether oxygens (including phenoxy) is 1. The number of nitriles is 1. The number of amides is 1. The molecular formula is C17H14BrClN2O2. The summed E-state index contributed by atoms with van der Waals surface area (Å²) >= 11 is 9.37. The van der Waals surface area contributed by atoms with Gasteiger partial charge in [-0.05, 0) is 42.8 Å². The molecule has 0 aliphatic rings. The van der Waals surface area contributed by atoms with Crippen LogP contribution in [0.25, 0.3) is 0 Å². The average Bonchev–Trinajstić information content (AvgIpc) is 2.54. The molecular weight excluding hydrogens is 380 g/mol. The van der Waals surface area contributed by atoms with Crippen LogP contribution < -0.4 is 10.1 Å². The zero-order valence-electron chi connectivity index (χ0n) is 12.3. The summed E-state index contributed by atoms with van der Waals surface area (Å²) < 4.78 is 6.38. The van der Waals surface area contributed by atoms with Gasteiger partial charge in [0, 0.05) is 4.47 Å². The van der Waals surface area contributed by atoms with Crippen LogP contribution in [0, 0.1) is 11.3 Å². The number of nitrogens with zero attached hydrogens (tertiary/aromatic N) is 1. The minimum Gasteiger partial charge on any atom is -0.482 e. The van der Waals surface area contributed by atoms with Crippen LogP contribution in [-0.2, 0) is 4.79 Å². The Hall–Kier alpha value is -2.03. The van der Waals surface area contributed by atoms with Gasteiger partial charge in [0.1, 0.15) is 5.75 Å². The molecule has 2 rings (SSSR count). The van der Waals surface area contributed by atoms with E-state index in [1.165, 1.54) is 6.07 Å². The Morgan fingerprint density at radius 2 is 2.04 bits per heavy atom. The van der Waals surface area contributed by atoms with Crippen molar-refractivity contribution in [1.82, 2.24) is 5.32 Å². The molecule has 2 aromatic carbocycles. The minimum absolute atomic E-state index is 0.129. The van der Waals surface area contributed by atoms with E-state index in [1.807, 2.05) is 37.3 Å². The standard InChI is InChI=1S/C17H14BrClN2O2/c1-11(13-3-5-14(18)6-4-13)21-17(22)10-23-16-7-2-12(9-20)8-15(16)19/h2-8,11H,10H2,1H3,(H,21,22)/t11-/m1/s1. The first-order valence-corrected chi connectivity index (χ1v) is 8.04. The van der Waals surface area contributed by atoms with Crippen molar-refractivity contribution < 1.29 is 9.53 Å². The van der Waals surface area contributed by atoms with Gasteiger partial charge in [0.15, 0.2) is 6.61 Å². The summed E-state index contributed by atoms with van der Waals surface area (Å²) in [7, 11) is 0. The van der Waals surface area contributed by atoms with Crippen molar-refractivity contribution in [3.8, 4) is 11.8 Å². The number of rotatable bonds is 5. The SMILES string of the molecule is C[C@@H](NC(=O)COc1ccc(C#N)cc1Cl)c1ccc(Br)cc1. The van der Waals surface area contributed by atoms with Crippen molar-refractivity contribution in [2.75, 3.05) is 6.61 Å². The van der Waals surface area contributed by atoms with Gasteiger partial charge >= 0.3 is 0 Å². The van der Waals surface area contributed by atoms with Crippen LogP contribution >= 0.6 is 27.5 Å². The number of hydrogen-bond acceptors (Lipinski definition) is 3. The van der Waals surface area contributed by atoms with Gasteiger partial charge in [-0.2, -0.15) is 5.26 Å². The van der Waals surface area contributed by atoms with Crippen LogP contribution in [0.15, 0.2) is 46.9 Å². The smallest absolute Gasteiger partial charge is 0.258 e. The first-order chi connectivity index (χ1) is 11.0. The van der Waals surface area contributed by atoms with Gasteiger partial charge in [-0.3, -0.25) is 4.79 Å². The Bertz CT molecular complexity index is 741. The number of carbonyl (C=O) groups is 1. The molecule has 6 heteroatoms. The molecule has 118 valence electrons. The monoisotopic (exact) mass is 392 g/mol. The molecule has 23 heavy (non-hydrogen) atoms. The Balaban J connectivity index is 1.90. The summed E-state index contributed by atoms with van der Waals surface area (Å²) in [5.74, 6) is 0.123. The molecule has 4 nitrogen and oxygen atoms in total. The third kappa shape index (κ3) is 4.98. The largest absolute Gasteiger partial charge is 0.482 e. The highest BCUT2D eigenvalue weighted by Gasteiger charge is 2.11. The fourth-order valence-corrected chi connectivity index (χ4v) is 2.45. The highest BCUT2D eigenvalue weighted by Crippen LogP contribution is 2.25. The Morgan fingerprint density at radius 1 is 1.35 bits per heavy atom. The zero-order chi connectivity index (χ0) is 16.8. The molecule has 0 aliphatic carbocycles. The Labute approximate surface area is 148 Å². The summed E-state index contributed by atoms with van der Waals surface area (Å²) in [5.41, 5.74) is 1.44. The maximum absolute atomic E-state index is 12.0. The van der Waals surface area contributed by atoms with E-state index in [-0.39, 0.29) is 18.6 Å². The maximum Gasteiger partial charge on any atom is 0.258 e. The van der Waals surface area contributed by atoms with E-state index in [9.17, 15) is 4.79 Å².